The van der Waals surface area contributed by atoms with Crippen molar-refractivity contribution < 1.29 is 15.0 Å². The van der Waals surface area contributed by atoms with Gasteiger partial charge in [-0.15, -0.1) is 0 Å². The molecule has 88 valence electrons. The molecule has 0 radical (unpaired) electrons. The molecule has 1 aromatic rings. The second-order valence-electron chi connectivity index (χ2n) is 4.57. The molecule has 0 amide bonds. The predicted molar refractivity (Wildman–Crippen MR) is 63.2 cm³/mol. The molecule has 0 spiro atoms. The highest BCUT2D eigenvalue weighted by Crippen LogP contribution is 2.35. The van der Waals surface area contributed by atoms with Crippen LogP contribution in [-0.4, -0.2) is 16.2 Å². The number of carboxylic acid groups (broad SMARTS) is 1. The molecule has 0 aliphatic carbocycles. The van der Waals surface area contributed by atoms with E-state index in [4.69, 9.17) is 5.11 Å². The van der Waals surface area contributed by atoms with Gasteiger partial charge in [-0.25, -0.2) is 4.79 Å². The zero-order valence-corrected chi connectivity index (χ0v) is 10.1. The van der Waals surface area contributed by atoms with Gasteiger partial charge in [0.2, 0.25) is 0 Å². The molecule has 0 heterocycles. The highest BCUT2D eigenvalue weighted by Gasteiger charge is 2.21. The Hall–Kier alpha value is -1.51. The minimum absolute atomic E-state index is 0.0793. The fraction of sp³-hybridized carbons (Fsp3) is 0.462. The van der Waals surface area contributed by atoms with Gasteiger partial charge in [0.25, 0.3) is 0 Å². The average Bonchev–Trinajstić information content (AvgIpc) is 2.15. The molecule has 0 saturated carbocycles. The van der Waals surface area contributed by atoms with Crippen LogP contribution >= 0.6 is 0 Å². The first kappa shape index (κ1) is 12.6. The topological polar surface area (TPSA) is 57.5 Å². The fourth-order valence-corrected chi connectivity index (χ4v) is 2.04. The number of phenols is 1. The van der Waals surface area contributed by atoms with Crippen molar-refractivity contribution in [2.45, 2.75) is 39.5 Å². The minimum atomic E-state index is -0.939. The van der Waals surface area contributed by atoms with Crippen LogP contribution in [0.2, 0.25) is 0 Å². The van der Waals surface area contributed by atoms with Crippen molar-refractivity contribution in [2.75, 3.05) is 0 Å². The van der Waals surface area contributed by atoms with Gasteiger partial charge in [-0.1, -0.05) is 27.7 Å². The SMILES string of the molecule is CC(C)c1c(O)ccc(C(=O)O)c1C(C)C. The third-order valence-electron chi connectivity index (χ3n) is 2.65. The van der Waals surface area contributed by atoms with Gasteiger partial charge in [-0.2, -0.15) is 0 Å². The maximum atomic E-state index is 11.1. The van der Waals surface area contributed by atoms with Crippen LogP contribution in [0.15, 0.2) is 12.1 Å². The first-order valence-corrected chi connectivity index (χ1v) is 5.45. The van der Waals surface area contributed by atoms with Crippen molar-refractivity contribution in [1.29, 1.82) is 0 Å². The summed E-state index contributed by atoms with van der Waals surface area (Å²) in [6, 6.07) is 2.93. The smallest absolute Gasteiger partial charge is 0.335 e. The van der Waals surface area contributed by atoms with Gasteiger partial charge in [0.15, 0.2) is 0 Å². The number of aromatic hydroxyl groups is 1. The van der Waals surface area contributed by atoms with E-state index in [-0.39, 0.29) is 23.1 Å². The molecule has 0 aromatic heterocycles. The van der Waals surface area contributed by atoms with Crippen LogP contribution in [0.5, 0.6) is 5.75 Å². The molecular formula is C13H18O3. The van der Waals surface area contributed by atoms with Gasteiger partial charge >= 0.3 is 5.97 Å². The van der Waals surface area contributed by atoms with Crippen LogP contribution in [0.4, 0.5) is 0 Å². The van der Waals surface area contributed by atoms with Crippen molar-refractivity contribution in [3.05, 3.63) is 28.8 Å². The lowest BCUT2D eigenvalue weighted by Gasteiger charge is -2.19. The summed E-state index contributed by atoms with van der Waals surface area (Å²) in [6.45, 7) is 7.78. The number of carboxylic acids is 1. The van der Waals surface area contributed by atoms with Crippen LogP contribution in [0.25, 0.3) is 0 Å². The molecule has 0 fully saturated rings. The summed E-state index contributed by atoms with van der Waals surface area (Å²) in [4.78, 5) is 11.1. The highest BCUT2D eigenvalue weighted by atomic mass is 16.4. The van der Waals surface area contributed by atoms with E-state index < -0.39 is 5.97 Å². The van der Waals surface area contributed by atoms with Crippen LogP contribution < -0.4 is 0 Å². The summed E-state index contributed by atoms with van der Waals surface area (Å²) in [6.07, 6.45) is 0. The van der Waals surface area contributed by atoms with E-state index in [9.17, 15) is 9.90 Å². The zero-order chi connectivity index (χ0) is 12.5. The molecule has 16 heavy (non-hydrogen) atoms. The van der Waals surface area contributed by atoms with Crippen LogP contribution in [0, 0.1) is 0 Å². The van der Waals surface area contributed by atoms with Crippen molar-refractivity contribution in [3.8, 4) is 5.75 Å². The van der Waals surface area contributed by atoms with E-state index in [0.29, 0.717) is 0 Å². The average molecular weight is 222 g/mol. The lowest BCUT2D eigenvalue weighted by Crippen LogP contribution is -2.08. The number of rotatable bonds is 3. The number of carbonyl (C=O) groups is 1. The molecule has 3 heteroatoms. The van der Waals surface area contributed by atoms with Gasteiger partial charge < -0.3 is 10.2 Å². The predicted octanol–water partition coefficient (Wildman–Crippen LogP) is 3.34. The Balaban J connectivity index is 3.56. The third-order valence-corrected chi connectivity index (χ3v) is 2.65. The Labute approximate surface area is 95.7 Å². The molecule has 0 unspecified atom stereocenters. The maximum absolute atomic E-state index is 11.1. The van der Waals surface area contributed by atoms with Gasteiger partial charge in [-0.05, 0) is 29.5 Å². The molecule has 0 atom stereocenters. The summed E-state index contributed by atoms with van der Waals surface area (Å²) in [5.41, 5.74) is 1.77. The lowest BCUT2D eigenvalue weighted by atomic mass is 9.86. The first-order valence-electron chi connectivity index (χ1n) is 5.45. The number of benzene rings is 1. The molecule has 3 nitrogen and oxygen atoms in total. The Kier molecular flexibility index (Phi) is 3.58. The summed E-state index contributed by atoms with van der Waals surface area (Å²) in [7, 11) is 0. The van der Waals surface area contributed by atoms with E-state index in [1.165, 1.54) is 12.1 Å². The minimum Gasteiger partial charge on any atom is -0.508 e. The van der Waals surface area contributed by atoms with Crippen LogP contribution in [0.1, 0.15) is 61.0 Å². The number of phenolic OH excluding ortho intramolecular Hbond substituents is 1. The lowest BCUT2D eigenvalue weighted by molar-refractivity contribution is 0.0695. The molecule has 1 aromatic carbocycles. The quantitative estimate of drug-likeness (QED) is 0.824. The molecule has 0 saturated heterocycles. The second-order valence-corrected chi connectivity index (χ2v) is 4.57. The monoisotopic (exact) mass is 222 g/mol. The Morgan fingerprint density at radius 1 is 1.06 bits per heavy atom. The van der Waals surface area contributed by atoms with E-state index in [2.05, 4.69) is 0 Å². The largest absolute Gasteiger partial charge is 0.508 e. The van der Waals surface area contributed by atoms with Crippen LogP contribution in [0.3, 0.4) is 0 Å². The van der Waals surface area contributed by atoms with Gasteiger partial charge in [-0.3, -0.25) is 0 Å². The summed E-state index contributed by atoms with van der Waals surface area (Å²) in [5.74, 6) is -0.568. The third kappa shape index (κ3) is 2.18. The summed E-state index contributed by atoms with van der Waals surface area (Å²) < 4.78 is 0. The molecule has 0 aliphatic rings. The summed E-state index contributed by atoms with van der Waals surface area (Å²) >= 11 is 0. The highest BCUT2D eigenvalue weighted by molar-refractivity contribution is 5.90. The van der Waals surface area contributed by atoms with E-state index in [0.717, 1.165) is 11.1 Å². The Bertz CT molecular complexity index is 406. The number of aromatic carboxylic acids is 1. The molecule has 0 aliphatic heterocycles. The van der Waals surface area contributed by atoms with Crippen molar-refractivity contribution in [3.63, 3.8) is 0 Å². The normalized spacial score (nSPS) is 11.1. The molecule has 1 rings (SSSR count). The maximum Gasteiger partial charge on any atom is 0.335 e. The Morgan fingerprint density at radius 3 is 1.94 bits per heavy atom. The van der Waals surface area contributed by atoms with Gasteiger partial charge in [0.1, 0.15) is 5.75 Å². The van der Waals surface area contributed by atoms with Crippen molar-refractivity contribution >= 4 is 5.97 Å². The van der Waals surface area contributed by atoms with Crippen molar-refractivity contribution in [1.82, 2.24) is 0 Å². The van der Waals surface area contributed by atoms with E-state index in [1.807, 2.05) is 27.7 Å². The van der Waals surface area contributed by atoms with Gasteiger partial charge in [0, 0.05) is 5.56 Å². The molecule has 2 N–H and O–H groups in total. The Morgan fingerprint density at radius 2 is 1.56 bits per heavy atom. The zero-order valence-electron chi connectivity index (χ0n) is 10.1. The standard InChI is InChI=1S/C13H18O3/c1-7(2)11-9(13(15)16)5-6-10(14)12(11)8(3)4/h5-8,14H,1-4H3,(H,15,16). The van der Waals surface area contributed by atoms with Gasteiger partial charge in [0.05, 0.1) is 5.56 Å². The molecule has 0 bridgehead atoms. The first-order chi connectivity index (χ1) is 7.36. The summed E-state index contributed by atoms with van der Waals surface area (Å²) in [5, 5.41) is 19.0. The number of hydrogen-bond acceptors (Lipinski definition) is 2. The van der Waals surface area contributed by atoms with E-state index in [1.54, 1.807) is 0 Å². The van der Waals surface area contributed by atoms with Crippen molar-refractivity contribution in [2.24, 2.45) is 0 Å². The molecular weight excluding hydrogens is 204 g/mol. The van der Waals surface area contributed by atoms with E-state index >= 15 is 0 Å². The number of hydrogen-bond donors (Lipinski definition) is 2. The second kappa shape index (κ2) is 4.56. The fourth-order valence-electron chi connectivity index (χ4n) is 2.04. The van der Waals surface area contributed by atoms with Crippen LogP contribution in [-0.2, 0) is 0 Å².